The lowest BCUT2D eigenvalue weighted by Gasteiger charge is -2.12. The molecule has 7 aromatic carbocycles. The maximum Gasteiger partial charge on any atom is 0.160 e. The summed E-state index contributed by atoms with van der Waals surface area (Å²) in [5, 5.41) is 6.34. The van der Waals surface area contributed by atoms with Crippen molar-refractivity contribution >= 4 is 43.5 Å². The zero-order chi connectivity index (χ0) is 31.6. The Morgan fingerprint density at radius 1 is 0.417 bits per heavy atom. The van der Waals surface area contributed by atoms with Crippen LogP contribution in [-0.2, 0) is 0 Å². The van der Waals surface area contributed by atoms with Crippen LogP contribution in [0.15, 0.2) is 170 Å². The summed E-state index contributed by atoms with van der Waals surface area (Å²) in [5.74, 6) is 0.717. The van der Waals surface area contributed by atoms with Crippen LogP contribution in [0, 0.1) is 0 Å². The van der Waals surface area contributed by atoms with E-state index in [4.69, 9.17) is 9.97 Å². The second-order valence-electron chi connectivity index (χ2n) is 12.3. The number of hydrogen-bond donors (Lipinski definition) is 0. The number of hydrogen-bond acceptors (Lipinski definition) is 2. The van der Waals surface area contributed by atoms with Gasteiger partial charge in [0.25, 0.3) is 0 Å². The third kappa shape index (κ3) is 4.10. The van der Waals surface area contributed by atoms with E-state index in [9.17, 15) is 0 Å². The Labute approximate surface area is 277 Å². The lowest BCUT2D eigenvalue weighted by Crippen LogP contribution is -1.97. The molecular weight excluding hydrogens is 585 g/mol. The molecule has 4 nitrogen and oxygen atoms in total. The van der Waals surface area contributed by atoms with Gasteiger partial charge in [-0.1, -0.05) is 115 Å². The van der Waals surface area contributed by atoms with Crippen LogP contribution >= 0.6 is 0 Å². The van der Waals surface area contributed by atoms with Gasteiger partial charge in [-0.15, -0.1) is 0 Å². The Balaban J connectivity index is 1.18. The van der Waals surface area contributed by atoms with E-state index in [1.165, 1.54) is 43.5 Å². The largest absolute Gasteiger partial charge is 0.316 e. The second kappa shape index (κ2) is 10.5. The lowest BCUT2D eigenvalue weighted by atomic mass is 10.0. The summed E-state index contributed by atoms with van der Waals surface area (Å²) in [5.41, 5.74) is 10.8. The van der Waals surface area contributed by atoms with Gasteiger partial charge in [-0.05, 0) is 59.3 Å². The average molecular weight is 613 g/mol. The SMILES string of the molecule is c1ccc(-c2cc(-c3ccc(-n4c5cccc6ccc7cc8c(ccn8-c8ccccc8)c4c7c65)cc3)nc(-c3ccccc3)n2)cc1. The fraction of sp³-hybridized carbons (Fsp3) is 0. The van der Waals surface area contributed by atoms with Crippen molar-refractivity contribution in [3.8, 4) is 45.3 Å². The average Bonchev–Trinajstić information content (AvgIpc) is 3.75. The molecular formula is C44H28N4. The van der Waals surface area contributed by atoms with Crippen LogP contribution in [0.1, 0.15) is 0 Å². The minimum Gasteiger partial charge on any atom is -0.316 e. The molecule has 48 heavy (non-hydrogen) atoms. The summed E-state index contributed by atoms with van der Waals surface area (Å²) >= 11 is 0. The molecule has 10 rings (SSSR count). The van der Waals surface area contributed by atoms with Crippen LogP contribution in [0.3, 0.4) is 0 Å². The Hall–Kier alpha value is -6.52. The van der Waals surface area contributed by atoms with Crippen LogP contribution < -0.4 is 0 Å². The predicted octanol–water partition coefficient (Wildman–Crippen LogP) is 11.1. The Morgan fingerprint density at radius 2 is 1.06 bits per heavy atom. The van der Waals surface area contributed by atoms with Crippen LogP contribution in [0.25, 0.3) is 88.8 Å². The van der Waals surface area contributed by atoms with E-state index in [0.29, 0.717) is 0 Å². The van der Waals surface area contributed by atoms with Gasteiger partial charge in [0.05, 0.1) is 27.9 Å². The molecule has 0 spiro atoms. The molecule has 10 aromatic rings. The summed E-state index contributed by atoms with van der Waals surface area (Å²) in [6.07, 6.45) is 2.20. The van der Waals surface area contributed by atoms with Gasteiger partial charge < -0.3 is 9.13 Å². The van der Waals surface area contributed by atoms with Crippen molar-refractivity contribution in [1.82, 2.24) is 19.1 Å². The summed E-state index contributed by atoms with van der Waals surface area (Å²) < 4.78 is 4.74. The van der Waals surface area contributed by atoms with Gasteiger partial charge in [0, 0.05) is 50.4 Å². The molecule has 0 fully saturated rings. The highest BCUT2D eigenvalue weighted by Crippen LogP contribution is 2.43. The molecule has 3 aromatic heterocycles. The standard InChI is InChI=1S/C44H28N4/c1-4-11-29(12-5-1)37-28-38(46-44(45-37)32-13-6-2-7-14-32)30-21-23-35(24-22-30)48-39-18-10-15-31-19-20-33-27-40-36(43(48)42(33)41(31)39)25-26-47(40)34-16-8-3-9-17-34/h1-28H. The summed E-state index contributed by atoms with van der Waals surface area (Å²) in [6.45, 7) is 0. The summed E-state index contributed by atoms with van der Waals surface area (Å²) in [4.78, 5) is 10.0. The monoisotopic (exact) mass is 612 g/mol. The van der Waals surface area contributed by atoms with Crippen molar-refractivity contribution in [3.63, 3.8) is 0 Å². The van der Waals surface area contributed by atoms with E-state index in [0.717, 1.165) is 45.3 Å². The number of fused-ring (bicyclic) bond motifs is 2. The van der Waals surface area contributed by atoms with Crippen molar-refractivity contribution in [3.05, 3.63) is 170 Å². The molecule has 0 aliphatic carbocycles. The topological polar surface area (TPSA) is 35.6 Å². The maximum absolute atomic E-state index is 5.07. The molecule has 0 aliphatic heterocycles. The fourth-order valence-electron chi connectivity index (χ4n) is 7.30. The van der Waals surface area contributed by atoms with E-state index in [-0.39, 0.29) is 0 Å². The molecule has 0 amide bonds. The maximum atomic E-state index is 5.07. The van der Waals surface area contributed by atoms with Crippen molar-refractivity contribution < 1.29 is 0 Å². The molecule has 0 N–H and O–H groups in total. The number of aromatic nitrogens is 4. The first-order chi connectivity index (χ1) is 23.8. The van der Waals surface area contributed by atoms with Crippen LogP contribution in [0.4, 0.5) is 0 Å². The number of rotatable bonds is 5. The Kier molecular flexibility index (Phi) is 5.84. The molecule has 0 saturated heterocycles. The number of nitrogens with zero attached hydrogens (tertiary/aromatic N) is 4. The first-order valence-electron chi connectivity index (χ1n) is 16.3. The predicted molar refractivity (Wildman–Crippen MR) is 198 cm³/mol. The van der Waals surface area contributed by atoms with E-state index >= 15 is 0 Å². The van der Waals surface area contributed by atoms with Gasteiger partial charge in [-0.25, -0.2) is 9.97 Å². The van der Waals surface area contributed by atoms with E-state index in [1.807, 2.05) is 36.4 Å². The van der Waals surface area contributed by atoms with E-state index in [2.05, 4.69) is 143 Å². The van der Waals surface area contributed by atoms with Gasteiger partial charge in [0.2, 0.25) is 0 Å². The van der Waals surface area contributed by atoms with Gasteiger partial charge >= 0.3 is 0 Å². The van der Waals surface area contributed by atoms with Crippen molar-refractivity contribution in [1.29, 1.82) is 0 Å². The molecule has 0 radical (unpaired) electrons. The minimum atomic E-state index is 0.717. The summed E-state index contributed by atoms with van der Waals surface area (Å²) in [6, 6.07) is 57.8. The van der Waals surface area contributed by atoms with Crippen LogP contribution in [0.2, 0.25) is 0 Å². The smallest absolute Gasteiger partial charge is 0.160 e. The van der Waals surface area contributed by atoms with Gasteiger partial charge in [0.15, 0.2) is 5.82 Å². The van der Waals surface area contributed by atoms with Crippen molar-refractivity contribution in [2.45, 2.75) is 0 Å². The van der Waals surface area contributed by atoms with Gasteiger partial charge in [-0.3, -0.25) is 0 Å². The quantitative estimate of drug-likeness (QED) is 0.181. The normalized spacial score (nSPS) is 11.8. The molecule has 224 valence electrons. The molecule has 0 atom stereocenters. The molecule has 4 heteroatoms. The van der Waals surface area contributed by atoms with Gasteiger partial charge in [0.1, 0.15) is 0 Å². The highest BCUT2D eigenvalue weighted by Gasteiger charge is 2.21. The lowest BCUT2D eigenvalue weighted by molar-refractivity contribution is 1.13. The molecule has 0 aliphatic rings. The first-order valence-corrected chi connectivity index (χ1v) is 16.3. The highest BCUT2D eigenvalue weighted by molar-refractivity contribution is 6.30. The molecule has 3 heterocycles. The highest BCUT2D eigenvalue weighted by atomic mass is 15.0. The van der Waals surface area contributed by atoms with Crippen LogP contribution in [0.5, 0.6) is 0 Å². The molecule has 0 bridgehead atoms. The first kappa shape index (κ1) is 26.7. The third-order valence-electron chi connectivity index (χ3n) is 9.51. The zero-order valence-electron chi connectivity index (χ0n) is 26.0. The molecule has 0 unspecified atom stereocenters. The van der Waals surface area contributed by atoms with E-state index < -0.39 is 0 Å². The molecule has 0 saturated carbocycles. The minimum absolute atomic E-state index is 0.717. The third-order valence-corrected chi connectivity index (χ3v) is 9.51. The fourth-order valence-corrected chi connectivity index (χ4v) is 7.30. The van der Waals surface area contributed by atoms with Gasteiger partial charge in [-0.2, -0.15) is 0 Å². The zero-order valence-corrected chi connectivity index (χ0v) is 26.0. The van der Waals surface area contributed by atoms with Crippen molar-refractivity contribution in [2.24, 2.45) is 0 Å². The Bertz CT molecular complexity index is 2680. The summed E-state index contributed by atoms with van der Waals surface area (Å²) in [7, 11) is 0. The van der Waals surface area contributed by atoms with E-state index in [1.54, 1.807) is 0 Å². The number of para-hydroxylation sites is 1. The second-order valence-corrected chi connectivity index (χ2v) is 12.3. The van der Waals surface area contributed by atoms with Crippen molar-refractivity contribution in [2.75, 3.05) is 0 Å². The number of benzene rings is 7. The Morgan fingerprint density at radius 3 is 1.79 bits per heavy atom. The van der Waals surface area contributed by atoms with Crippen LogP contribution in [-0.4, -0.2) is 19.1 Å².